The molecule has 1 aliphatic heterocycles. The first-order valence-electron chi connectivity index (χ1n) is 5.48. The molecule has 6 nitrogen and oxygen atoms in total. The highest BCUT2D eigenvalue weighted by molar-refractivity contribution is 6.35. The molecule has 0 spiro atoms. The molecule has 1 saturated heterocycles. The predicted molar refractivity (Wildman–Crippen MR) is 70.2 cm³/mol. The average molecular weight is 307 g/mol. The van der Waals surface area contributed by atoms with Crippen LogP contribution in [0.5, 0.6) is 0 Å². The molecule has 0 saturated carbocycles. The third-order valence-electron chi connectivity index (χ3n) is 2.40. The van der Waals surface area contributed by atoms with E-state index >= 15 is 0 Å². The molecule has 8 heteroatoms. The Hall–Kier alpha value is -1.05. The molecular weight excluding hydrogens is 295 g/mol. The fourth-order valence-electron chi connectivity index (χ4n) is 1.48. The van der Waals surface area contributed by atoms with E-state index in [2.05, 4.69) is 0 Å². The van der Waals surface area contributed by atoms with Gasteiger partial charge in [0.2, 0.25) is 0 Å². The minimum absolute atomic E-state index is 0.0370. The molecule has 0 bridgehead atoms. The van der Waals surface area contributed by atoms with Crippen LogP contribution in [0.25, 0.3) is 0 Å². The van der Waals surface area contributed by atoms with Gasteiger partial charge in [-0.15, -0.1) is 0 Å². The minimum Gasteiger partial charge on any atom is -0.443 e. The van der Waals surface area contributed by atoms with E-state index in [-0.39, 0.29) is 17.3 Å². The van der Waals surface area contributed by atoms with Crippen molar-refractivity contribution in [1.82, 2.24) is 0 Å². The van der Waals surface area contributed by atoms with Crippen LogP contribution in [-0.2, 0) is 14.2 Å². The van der Waals surface area contributed by atoms with Crippen LogP contribution in [0.1, 0.15) is 0 Å². The molecule has 2 rings (SSSR count). The number of halogens is 2. The van der Waals surface area contributed by atoms with E-state index in [1.165, 1.54) is 12.1 Å². The van der Waals surface area contributed by atoms with Gasteiger partial charge in [0.15, 0.2) is 6.29 Å². The molecule has 0 aliphatic carbocycles. The maximum atomic E-state index is 11.7. The van der Waals surface area contributed by atoms with Gasteiger partial charge < -0.3 is 14.2 Å². The molecule has 0 atom stereocenters. The van der Waals surface area contributed by atoms with Crippen molar-refractivity contribution < 1.29 is 19.0 Å². The Morgan fingerprint density at radius 2 is 2.11 bits per heavy atom. The van der Waals surface area contributed by atoms with Crippen molar-refractivity contribution in [3.63, 3.8) is 0 Å². The molecule has 1 aromatic carbocycles. The predicted octanol–water partition coefficient (Wildman–Crippen LogP) is 2.18. The van der Waals surface area contributed by atoms with E-state index in [4.69, 9.17) is 43.3 Å². The zero-order valence-corrected chi connectivity index (χ0v) is 11.4. The van der Waals surface area contributed by atoms with E-state index in [1.807, 2.05) is 0 Å². The minimum atomic E-state index is -0.775. The van der Waals surface area contributed by atoms with Gasteiger partial charge in [-0.25, -0.2) is 15.6 Å². The highest BCUT2D eigenvalue weighted by Gasteiger charge is 2.21. The van der Waals surface area contributed by atoms with E-state index in [1.54, 1.807) is 6.07 Å². The molecule has 19 heavy (non-hydrogen) atoms. The number of amides is 1. The normalized spacial score (nSPS) is 15.5. The molecule has 0 aromatic heterocycles. The summed E-state index contributed by atoms with van der Waals surface area (Å²) in [6, 6.07) is 4.59. The van der Waals surface area contributed by atoms with Crippen LogP contribution in [0.2, 0.25) is 10.0 Å². The zero-order chi connectivity index (χ0) is 13.8. The standard InChI is InChI=1S/C11H12Cl2N2O4/c12-7-1-2-8(13)9(5-7)15(14)11(16)19-6-10-17-3-4-18-10/h1-2,5,10H,3-4,6,14H2. The SMILES string of the molecule is NN(C(=O)OCC1OCCO1)c1cc(Cl)ccc1Cl. The van der Waals surface area contributed by atoms with Gasteiger partial charge in [0.25, 0.3) is 0 Å². The van der Waals surface area contributed by atoms with E-state index in [9.17, 15) is 4.79 Å². The summed E-state index contributed by atoms with van der Waals surface area (Å²) in [6.45, 7) is 0.925. The van der Waals surface area contributed by atoms with Crippen molar-refractivity contribution in [2.24, 2.45) is 5.84 Å². The molecule has 1 heterocycles. The summed E-state index contributed by atoms with van der Waals surface area (Å²) in [5.74, 6) is 5.63. The van der Waals surface area contributed by atoms with Crippen LogP contribution in [0.3, 0.4) is 0 Å². The first-order chi connectivity index (χ1) is 9.08. The number of nitrogens with two attached hydrogens (primary N) is 1. The Bertz CT molecular complexity index is 466. The number of anilines is 1. The van der Waals surface area contributed by atoms with Gasteiger partial charge in [-0.05, 0) is 18.2 Å². The lowest BCUT2D eigenvalue weighted by molar-refractivity contribution is -0.0767. The maximum Gasteiger partial charge on any atom is 0.429 e. The summed E-state index contributed by atoms with van der Waals surface area (Å²) in [6.07, 6.45) is -1.32. The second-order valence-corrected chi connectivity index (χ2v) is 4.56. The third-order valence-corrected chi connectivity index (χ3v) is 2.95. The molecule has 2 N–H and O–H groups in total. The highest BCUT2D eigenvalue weighted by atomic mass is 35.5. The number of carbonyl (C=O) groups excluding carboxylic acids is 1. The van der Waals surface area contributed by atoms with Crippen molar-refractivity contribution in [2.75, 3.05) is 24.8 Å². The summed E-state index contributed by atoms with van der Waals surface area (Å²) in [5, 5.41) is 1.48. The summed E-state index contributed by atoms with van der Waals surface area (Å²) in [7, 11) is 0. The Balaban J connectivity index is 1.95. The fourth-order valence-corrected chi connectivity index (χ4v) is 1.86. The molecular formula is C11H12Cl2N2O4. The Morgan fingerprint density at radius 1 is 1.42 bits per heavy atom. The Labute approximate surface area is 119 Å². The molecule has 0 unspecified atom stereocenters. The quantitative estimate of drug-likeness (QED) is 0.526. The third kappa shape index (κ3) is 3.71. The number of hydrogen-bond donors (Lipinski definition) is 1. The van der Waals surface area contributed by atoms with Gasteiger partial charge in [-0.2, -0.15) is 0 Å². The summed E-state index contributed by atoms with van der Waals surface area (Å²) >= 11 is 11.7. The van der Waals surface area contributed by atoms with E-state index < -0.39 is 12.4 Å². The van der Waals surface area contributed by atoms with Crippen molar-refractivity contribution in [2.45, 2.75) is 6.29 Å². The van der Waals surface area contributed by atoms with Crippen LogP contribution in [0, 0.1) is 0 Å². The topological polar surface area (TPSA) is 74.0 Å². The molecule has 1 fully saturated rings. The van der Waals surface area contributed by atoms with Gasteiger partial charge in [0, 0.05) is 5.02 Å². The summed E-state index contributed by atoms with van der Waals surface area (Å²) in [4.78, 5) is 11.7. The van der Waals surface area contributed by atoms with Crippen LogP contribution < -0.4 is 10.9 Å². The fraction of sp³-hybridized carbons (Fsp3) is 0.364. The van der Waals surface area contributed by atoms with Crippen LogP contribution >= 0.6 is 23.2 Å². The van der Waals surface area contributed by atoms with Crippen molar-refractivity contribution in [3.8, 4) is 0 Å². The van der Waals surface area contributed by atoms with Crippen LogP contribution in [-0.4, -0.2) is 32.2 Å². The van der Waals surface area contributed by atoms with Gasteiger partial charge >= 0.3 is 6.09 Å². The monoisotopic (exact) mass is 306 g/mol. The maximum absolute atomic E-state index is 11.7. The highest BCUT2D eigenvalue weighted by Crippen LogP contribution is 2.27. The van der Waals surface area contributed by atoms with E-state index in [0.717, 1.165) is 5.01 Å². The molecule has 1 amide bonds. The van der Waals surface area contributed by atoms with Crippen molar-refractivity contribution >= 4 is 35.0 Å². The lowest BCUT2D eigenvalue weighted by Crippen LogP contribution is -2.39. The number of rotatable bonds is 3. The number of nitrogens with zero attached hydrogens (tertiary/aromatic N) is 1. The first-order valence-corrected chi connectivity index (χ1v) is 6.23. The number of carbonyl (C=O) groups is 1. The number of hydrogen-bond acceptors (Lipinski definition) is 5. The second kappa shape index (κ2) is 6.40. The van der Waals surface area contributed by atoms with Crippen molar-refractivity contribution in [1.29, 1.82) is 0 Å². The summed E-state index contributed by atoms with van der Waals surface area (Å²) < 4.78 is 15.2. The molecule has 1 aromatic rings. The smallest absolute Gasteiger partial charge is 0.429 e. The van der Waals surface area contributed by atoms with Crippen molar-refractivity contribution in [3.05, 3.63) is 28.2 Å². The Morgan fingerprint density at radius 3 is 2.79 bits per heavy atom. The number of hydrazine groups is 1. The summed E-state index contributed by atoms with van der Waals surface area (Å²) in [5.41, 5.74) is 0.257. The Kier molecular flexibility index (Phi) is 4.84. The largest absolute Gasteiger partial charge is 0.443 e. The number of benzene rings is 1. The first kappa shape index (κ1) is 14.4. The molecule has 104 valence electrons. The molecule has 0 radical (unpaired) electrons. The van der Waals surface area contributed by atoms with E-state index in [0.29, 0.717) is 18.2 Å². The van der Waals surface area contributed by atoms with Gasteiger partial charge in [-0.1, -0.05) is 23.2 Å². The molecule has 1 aliphatic rings. The van der Waals surface area contributed by atoms with Gasteiger partial charge in [0.1, 0.15) is 6.61 Å². The lowest BCUT2D eigenvalue weighted by atomic mass is 10.3. The number of ether oxygens (including phenoxy) is 3. The van der Waals surface area contributed by atoms with Gasteiger partial charge in [0.05, 0.1) is 23.9 Å². The second-order valence-electron chi connectivity index (χ2n) is 3.71. The lowest BCUT2D eigenvalue weighted by Gasteiger charge is -2.18. The van der Waals surface area contributed by atoms with Gasteiger partial charge in [-0.3, -0.25) is 0 Å². The van der Waals surface area contributed by atoms with Crippen LogP contribution in [0.15, 0.2) is 18.2 Å². The zero-order valence-electron chi connectivity index (χ0n) is 9.84. The average Bonchev–Trinajstić information content (AvgIpc) is 2.91. The van der Waals surface area contributed by atoms with Crippen LogP contribution in [0.4, 0.5) is 10.5 Å².